The largest absolute Gasteiger partial charge is 0.480 e. The molecular weight excluding hydrogens is 296 g/mol. The molecule has 0 spiro atoms. The number of carbonyl (C=O) groups excluding carboxylic acids is 1. The monoisotopic (exact) mass is 314 g/mol. The summed E-state index contributed by atoms with van der Waals surface area (Å²) in [6.07, 6.45) is 0. The molecule has 0 radical (unpaired) electrons. The summed E-state index contributed by atoms with van der Waals surface area (Å²) in [5.41, 5.74) is 0.605. The lowest BCUT2D eigenvalue weighted by Gasteiger charge is -2.25. The van der Waals surface area contributed by atoms with Crippen LogP contribution >= 0.6 is 0 Å². The van der Waals surface area contributed by atoms with Crippen LogP contribution in [0.4, 0.5) is 0 Å². The summed E-state index contributed by atoms with van der Waals surface area (Å²) in [5.74, 6) is -1.96. The standard InChI is InChI=1S/C13H18N2O5S/c1-9(2)15(7-12(16)17)13(18)11-5-3-4-10(6-11)8-21(14,19)20/h3-6,9H,7-8H2,1-2H3,(H,16,17)(H2,14,19,20). The van der Waals surface area contributed by atoms with Gasteiger partial charge in [-0.15, -0.1) is 0 Å². The number of nitrogens with zero attached hydrogens (tertiary/aromatic N) is 1. The third-order valence-corrected chi connectivity index (χ3v) is 3.47. The van der Waals surface area contributed by atoms with Crippen LogP contribution < -0.4 is 5.14 Å². The smallest absolute Gasteiger partial charge is 0.323 e. The van der Waals surface area contributed by atoms with E-state index in [2.05, 4.69) is 0 Å². The highest BCUT2D eigenvalue weighted by Crippen LogP contribution is 2.12. The van der Waals surface area contributed by atoms with Crippen molar-refractivity contribution in [2.45, 2.75) is 25.6 Å². The number of sulfonamides is 1. The Morgan fingerprint density at radius 1 is 1.33 bits per heavy atom. The van der Waals surface area contributed by atoms with E-state index < -0.39 is 28.4 Å². The molecule has 21 heavy (non-hydrogen) atoms. The van der Waals surface area contributed by atoms with Gasteiger partial charge in [0.25, 0.3) is 5.91 Å². The second-order valence-electron chi connectivity index (χ2n) is 4.93. The Balaban J connectivity index is 3.05. The number of hydrogen-bond acceptors (Lipinski definition) is 4. The van der Waals surface area contributed by atoms with Crippen LogP contribution in [0.2, 0.25) is 0 Å². The van der Waals surface area contributed by atoms with Crippen LogP contribution in [-0.4, -0.2) is 42.9 Å². The van der Waals surface area contributed by atoms with Gasteiger partial charge in [0.15, 0.2) is 0 Å². The van der Waals surface area contributed by atoms with Gasteiger partial charge >= 0.3 is 5.97 Å². The second kappa shape index (κ2) is 6.68. The predicted octanol–water partition coefficient (Wildman–Crippen LogP) is 0.410. The van der Waals surface area contributed by atoms with Crippen LogP contribution in [0.15, 0.2) is 24.3 Å². The number of nitrogens with two attached hydrogens (primary N) is 1. The van der Waals surface area contributed by atoms with Crippen molar-refractivity contribution in [3.05, 3.63) is 35.4 Å². The fourth-order valence-corrected chi connectivity index (χ4v) is 2.47. The van der Waals surface area contributed by atoms with Crippen LogP contribution in [0.1, 0.15) is 29.8 Å². The van der Waals surface area contributed by atoms with Gasteiger partial charge < -0.3 is 10.0 Å². The third kappa shape index (κ3) is 5.52. The van der Waals surface area contributed by atoms with Gasteiger partial charge in [-0.3, -0.25) is 9.59 Å². The minimum atomic E-state index is -3.69. The molecule has 0 aliphatic rings. The molecule has 0 heterocycles. The zero-order chi connectivity index (χ0) is 16.2. The zero-order valence-corrected chi connectivity index (χ0v) is 12.6. The van der Waals surface area contributed by atoms with Crippen molar-refractivity contribution in [2.75, 3.05) is 6.54 Å². The number of carbonyl (C=O) groups is 2. The van der Waals surface area contributed by atoms with Gasteiger partial charge in [-0.2, -0.15) is 0 Å². The Morgan fingerprint density at radius 2 is 1.95 bits per heavy atom. The number of rotatable bonds is 6. The highest BCUT2D eigenvalue weighted by atomic mass is 32.2. The molecule has 1 amide bonds. The van der Waals surface area contributed by atoms with Gasteiger partial charge in [-0.05, 0) is 31.5 Å². The van der Waals surface area contributed by atoms with Crippen molar-refractivity contribution in [1.82, 2.24) is 4.90 Å². The molecule has 116 valence electrons. The minimum Gasteiger partial charge on any atom is -0.480 e. The fourth-order valence-electron chi connectivity index (χ4n) is 1.83. The van der Waals surface area contributed by atoms with E-state index in [1.54, 1.807) is 13.8 Å². The number of amides is 1. The molecule has 1 rings (SSSR count). The van der Waals surface area contributed by atoms with Gasteiger partial charge in [0.2, 0.25) is 10.0 Å². The minimum absolute atomic E-state index is 0.228. The third-order valence-electron chi connectivity index (χ3n) is 2.73. The first kappa shape index (κ1) is 17.1. The van der Waals surface area contributed by atoms with E-state index in [1.165, 1.54) is 29.2 Å². The van der Waals surface area contributed by atoms with Crippen LogP contribution in [-0.2, 0) is 20.6 Å². The van der Waals surface area contributed by atoms with Gasteiger partial charge in [-0.1, -0.05) is 12.1 Å². The molecule has 0 aromatic heterocycles. The van der Waals surface area contributed by atoms with E-state index in [0.29, 0.717) is 5.56 Å². The molecule has 0 bridgehead atoms. The molecule has 7 nitrogen and oxygen atoms in total. The molecule has 0 atom stereocenters. The fraction of sp³-hybridized carbons (Fsp3) is 0.385. The van der Waals surface area contributed by atoms with E-state index in [4.69, 9.17) is 10.2 Å². The molecule has 0 aliphatic carbocycles. The zero-order valence-electron chi connectivity index (χ0n) is 11.8. The summed E-state index contributed by atoms with van der Waals surface area (Å²) < 4.78 is 22.1. The van der Waals surface area contributed by atoms with Crippen LogP contribution in [0, 0.1) is 0 Å². The van der Waals surface area contributed by atoms with E-state index in [-0.39, 0.29) is 17.4 Å². The lowest BCUT2D eigenvalue weighted by Crippen LogP contribution is -2.40. The Kier molecular flexibility index (Phi) is 5.45. The first-order valence-corrected chi connectivity index (χ1v) is 7.94. The molecule has 1 aromatic rings. The Hall–Kier alpha value is -1.93. The van der Waals surface area contributed by atoms with Gasteiger partial charge in [0.05, 0.1) is 5.75 Å². The van der Waals surface area contributed by atoms with E-state index in [0.717, 1.165) is 0 Å². The van der Waals surface area contributed by atoms with Gasteiger partial charge in [0, 0.05) is 11.6 Å². The number of aliphatic carboxylic acids is 1. The van der Waals surface area contributed by atoms with Gasteiger partial charge in [-0.25, -0.2) is 13.6 Å². The van der Waals surface area contributed by atoms with Gasteiger partial charge in [0.1, 0.15) is 6.54 Å². The molecule has 8 heteroatoms. The van der Waals surface area contributed by atoms with Crippen molar-refractivity contribution >= 4 is 21.9 Å². The maximum Gasteiger partial charge on any atom is 0.323 e. The average Bonchev–Trinajstić information content (AvgIpc) is 2.33. The van der Waals surface area contributed by atoms with Crippen molar-refractivity contribution < 1.29 is 23.1 Å². The van der Waals surface area contributed by atoms with E-state index >= 15 is 0 Å². The first-order valence-electron chi connectivity index (χ1n) is 6.22. The molecule has 3 N–H and O–H groups in total. The normalized spacial score (nSPS) is 11.4. The van der Waals surface area contributed by atoms with E-state index in [1.807, 2.05) is 0 Å². The topological polar surface area (TPSA) is 118 Å². The van der Waals surface area contributed by atoms with Crippen molar-refractivity contribution in [2.24, 2.45) is 5.14 Å². The lowest BCUT2D eigenvalue weighted by atomic mass is 10.1. The molecule has 0 unspecified atom stereocenters. The van der Waals surface area contributed by atoms with Crippen LogP contribution in [0.5, 0.6) is 0 Å². The summed E-state index contributed by atoms with van der Waals surface area (Å²) in [6, 6.07) is 5.69. The van der Waals surface area contributed by atoms with Crippen LogP contribution in [0.3, 0.4) is 0 Å². The van der Waals surface area contributed by atoms with Crippen molar-refractivity contribution in [1.29, 1.82) is 0 Å². The summed E-state index contributed by atoms with van der Waals surface area (Å²) >= 11 is 0. The molecule has 0 fully saturated rings. The second-order valence-corrected chi connectivity index (χ2v) is 6.54. The molecular formula is C13H18N2O5S. The highest BCUT2D eigenvalue weighted by Gasteiger charge is 2.21. The van der Waals surface area contributed by atoms with E-state index in [9.17, 15) is 18.0 Å². The summed E-state index contributed by atoms with van der Waals surface area (Å²) in [6.45, 7) is 2.99. The Bertz CT molecular complexity index is 640. The number of hydrogen-bond donors (Lipinski definition) is 2. The SMILES string of the molecule is CC(C)N(CC(=O)O)C(=O)c1cccc(CS(N)(=O)=O)c1. The lowest BCUT2D eigenvalue weighted by molar-refractivity contribution is -0.138. The summed E-state index contributed by atoms with van der Waals surface area (Å²) in [5, 5.41) is 13.8. The molecule has 0 saturated carbocycles. The predicted molar refractivity (Wildman–Crippen MR) is 77.1 cm³/mol. The summed E-state index contributed by atoms with van der Waals surface area (Å²) in [7, 11) is -3.69. The maximum absolute atomic E-state index is 12.3. The quantitative estimate of drug-likeness (QED) is 0.788. The molecule has 0 saturated heterocycles. The van der Waals surface area contributed by atoms with Crippen LogP contribution in [0.25, 0.3) is 0 Å². The number of benzene rings is 1. The maximum atomic E-state index is 12.3. The number of primary sulfonamides is 1. The average molecular weight is 314 g/mol. The Morgan fingerprint density at radius 3 is 2.43 bits per heavy atom. The first-order chi connectivity index (χ1) is 9.60. The molecule has 0 aliphatic heterocycles. The molecule has 1 aromatic carbocycles. The summed E-state index contributed by atoms with van der Waals surface area (Å²) in [4.78, 5) is 24.3. The van der Waals surface area contributed by atoms with Crippen molar-refractivity contribution in [3.8, 4) is 0 Å². The highest BCUT2D eigenvalue weighted by molar-refractivity contribution is 7.88. The van der Waals surface area contributed by atoms with Crippen molar-refractivity contribution in [3.63, 3.8) is 0 Å². The number of carboxylic acid groups (broad SMARTS) is 1. The number of carboxylic acids is 1. The Labute approximate surface area is 123 Å².